The number of hydrogen-bond acceptors (Lipinski definition) is 5. The minimum atomic E-state index is -0.879. The Labute approximate surface area is 115 Å². The van der Waals surface area contributed by atoms with Gasteiger partial charge in [-0.25, -0.2) is 4.98 Å². The van der Waals surface area contributed by atoms with E-state index in [1.807, 2.05) is 6.92 Å². The van der Waals surface area contributed by atoms with E-state index >= 15 is 0 Å². The second-order valence-corrected chi connectivity index (χ2v) is 5.15. The molecule has 2 aromatic rings. The molecular formula is C13H16N4O3. The van der Waals surface area contributed by atoms with E-state index in [0.29, 0.717) is 5.56 Å². The zero-order valence-corrected chi connectivity index (χ0v) is 11.3. The Bertz CT molecular complexity index is 672. The van der Waals surface area contributed by atoms with Crippen LogP contribution >= 0.6 is 0 Å². The number of nitrogens with zero attached hydrogens (tertiary/aromatic N) is 4. The van der Waals surface area contributed by atoms with Crippen molar-refractivity contribution < 1.29 is 15.0 Å². The lowest BCUT2D eigenvalue weighted by Gasteiger charge is -2.15. The van der Waals surface area contributed by atoms with Gasteiger partial charge in [-0.15, -0.1) is 0 Å². The van der Waals surface area contributed by atoms with Gasteiger partial charge < -0.3 is 15.1 Å². The Morgan fingerprint density at radius 3 is 2.65 bits per heavy atom. The predicted octanol–water partition coefficient (Wildman–Crippen LogP) is -0.546. The summed E-state index contributed by atoms with van der Waals surface area (Å²) in [7, 11) is 1.80. The van der Waals surface area contributed by atoms with Gasteiger partial charge >= 0.3 is 0 Å². The van der Waals surface area contributed by atoms with Gasteiger partial charge in [0.25, 0.3) is 5.91 Å². The van der Waals surface area contributed by atoms with E-state index in [1.165, 1.54) is 11.1 Å². The second kappa shape index (κ2) is 4.53. The highest BCUT2D eigenvalue weighted by Crippen LogP contribution is 2.19. The number of rotatable bonds is 1. The topological polar surface area (TPSA) is 91.5 Å². The molecule has 0 bridgehead atoms. The number of carbonyl (C=O) groups excluding carboxylic acids is 1. The minimum absolute atomic E-state index is 0.143. The molecule has 7 nitrogen and oxygen atoms in total. The molecule has 3 heterocycles. The number of aliphatic hydroxyl groups is 2. The van der Waals surface area contributed by atoms with Crippen LogP contribution in [-0.4, -0.2) is 61.1 Å². The monoisotopic (exact) mass is 276 g/mol. The van der Waals surface area contributed by atoms with Gasteiger partial charge in [0.2, 0.25) is 0 Å². The van der Waals surface area contributed by atoms with Crippen LogP contribution in [0.15, 0.2) is 12.3 Å². The molecule has 0 unspecified atom stereocenters. The van der Waals surface area contributed by atoms with E-state index in [-0.39, 0.29) is 19.0 Å². The number of carbonyl (C=O) groups is 1. The van der Waals surface area contributed by atoms with Crippen LogP contribution in [-0.2, 0) is 7.05 Å². The molecule has 2 N–H and O–H groups in total. The van der Waals surface area contributed by atoms with Gasteiger partial charge in [0.05, 0.1) is 23.5 Å². The molecule has 2 atom stereocenters. The predicted molar refractivity (Wildman–Crippen MR) is 71.2 cm³/mol. The van der Waals surface area contributed by atoms with E-state index in [1.54, 1.807) is 17.8 Å². The van der Waals surface area contributed by atoms with E-state index in [9.17, 15) is 15.0 Å². The number of aryl methyl sites for hydroxylation is 2. The maximum atomic E-state index is 12.3. The standard InChI is InChI=1S/C13H16N4O3/c1-7-9-3-8(4-14-12(9)16(2)15-7)13(20)17-5-10(18)11(19)6-17/h3-4,10-11,18-19H,5-6H2,1-2H3/t10-,11+. The molecule has 20 heavy (non-hydrogen) atoms. The summed E-state index contributed by atoms with van der Waals surface area (Å²) in [5.41, 5.74) is 1.97. The lowest BCUT2D eigenvalue weighted by molar-refractivity contribution is 0.0572. The Kier molecular flexibility index (Phi) is 2.95. The molecule has 2 aromatic heterocycles. The largest absolute Gasteiger partial charge is 0.388 e. The summed E-state index contributed by atoms with van der Waals surface area (Å²) in [6.45, 7) is 2.15. The van der Waals surface area contributed by atoms with Crippen LogP contribution in [0.4, 0.5) is 0 Å². The molecule has 106 valence electrons. The van der Waals surface area contributed by atoms with Crippen molar-refractivity contribution in [1.82, 2.24) is 19.7 Å². The van der Waals surface area contributed by atoms with Crippen molar-refractivity contribution in [1.29, 1.82) is 0 Å². The summed E-state index contributed by atoms with van der Waals surface area (Å²) in [6.07, 6.45) is -0.255. The van der Waals surface area contributed by atoms with Gasteiger partial charge in [-0.05, 0) is 13.0 Å². The number of hydrogen-bond donors (Lipinski definition) is 2. The lowest BCUT2D eigenvalue weighted by atomic mass is 10.2. The second-order valence-electron chi connectivity index (χ2n) is 5.15. The van der Waals surface area contributed by atoms with Crippen molar-refractivity contribution in [3.63, 3.8) is 0 Å². The number of likely N-dealkylation sites (tertiary alicyclic amines) is 1. The molecule has 0 aliphatic carbocycles. The highest BCUT2D eigenvalue weighted by molar-refractivity contribution is 5.97. The molecule has 1 aliphatic heterocycles. The van der Waals surface area contributed by atoms with Crippen LogP contribution in [0.25, 0.3) is 11.0 Å². The quantitative estimate of drug-likeness (QED) is 0.729. The molecule has 0 saturated carbocycles. The summed E-state index contributed by atoms with van der Waals surface area (Å²) in [5.74, 6) is -0.238. The first-order valence-electron chi connectivity index (χ1n) is 6.42. The Morgan fingerprint density at radius 2 is 2.00 bits per heavy atom. The lowest BCUT2D eigenvalue weighted by Crippen LogP contribution is -2.29. The van der Waals surface area contributed by atoms with Crippen LogP contribution in [0, 0.1) is 6.92 Å². The van der Waals surface area contributed by atoms with Gasteiger partial charge in [-0.3, -0.25) is 9.48 Å². The van der Waals surface area contributed by atoms with E-state index in [4.69, 9.17) is 0 Å². The third kappa shape index (κ3) is 1.95. The Balaban J connectivity index is 1.94. The molecule has 0 aromatic carbocycles. The van der Waals surface area contributed by atoms with Crippen molar-refractivity contribution in [2.45, 2.75) is 19.1 Å². The third-order valence-electron chi connectivity index (χ3n) is 3.66. The first kappa shape index (κ1) is 13.0. The van der Waals surface area contributed by atoms with Crippen molar-refractivity contribution in [3.05, 3.63) is 23.5 Å². The highest BCUT2D eigenvalue weighted by atomic mass is 16.3. The molecule has 1 saturated heterocycles. The van der Waals surface area contributed by atoms with Crippen LogP contribution in [0.1, 0.15) is 16.1 Å². The maximum absolute atomic E-state index is 12.3. The van der Waals surface area contributed by atoms with Crippen molar-refractivity contribution in [3.8, 4) is 0 Å². The van der Waals surface area contributed by atoms with Gasteiger partial charge in [0.1, 0.15) is 0 Å². The molecule has 7 heteroatoms. The van der Waals surface area contributed by atoms with Crippen LogP contribution < -0.4 is 0 Å². The number of fused-ring (bicyclic) bond motifs is 1. The first-order chi connectivity index (χ1) is 9.47. The molecule has 3 rings (SSSR count). The number of pyridine rings is 1. The number of β-amino-alcohol motifs (C(OH)–C–C–N with tert-alkyl or cyclic N) is 2. The highest BCUT2D eigenvalue weighted by Gasteiger charge is 2.33. The van der Waals surface area contributed by atoms with E-state index < -0.39 is 12.2 Å². The smallest absolute Gasteiger partial charge is 0.255 e. The third-order valence-corrected chi connectivity index (χ3v) is 3.66. The van der Waals surface area contributed by atoms with Crippen LogP contribution in [0.2, 0.25) is 0 Å². The van der Waals surface area contributed by atoms with Crippen molar-refractivity contribution in [2.75, 3.05) is 13.1 Å². The molecule has 1 fully saturated rings. The van der Waals surface area contributed by atoms with Crippen molar-refractivity contribution >= 4 is 16.9 Å². The van der Waals surface area contributed by atoms with Gasteiger partial charge in [0, 0.05) is 31.7 Å². The normalized spacial score (nSPS) is 22.7. The van der Waals surface area contributed by atoms with E-state index in [2.05, 4.69) is 10.1 Å². The summed E-state index contributed by atoms with van der Waals surface area (Å²) < 4.78 is 1.67. The summed E-state index contributed by atoms with van der Waals surface area (Å²) in [5, 5.41) is 24.1. The van der Waals surface area contributed by atoms with Crippen LogP contribution in [0.5, 0.6) is 0 Å². The maximum Gasteiger partial charge on any atom is 0.255 e. The number of amides is 1. The fourth-order valence-electron chi connectivity index (χ4n) is 2.54. The van der Waals surface area contributed by atoms with Crippen LogP contribution in [0.3, 0.4) is 0 Å². The SMILES string of the molecule is Cc1nn(C)c2ncc(C(=O)N3C[C@@H](O)[C@@H](O)C3)cc12. The van der Waals surface area contributed by atoms with Crippen molar-refractivity contribution in [2.24, 2.45) is 7.05 Å². The Hall–Kier alpha value is -1.99. The first-order valence-corrected chi connectivity index (χ1v) is 6.42. The van der Waals surface area contributed by atoms with Gasteiger partial charge in [-0.2, -0.15) is 5.10 Å². The average Bonchev–Trinajstić information content (AvgIpc) is 2.90. The minimum Gasteiger partial charge on any atom is -0.388 e. The summed E-state index contributed by atoms with van der Waals surface area (Å²) in [4.78, 5) is 18.0. The molecule has 1 aliphatic rings. The average molecular weight is 276 g/mol. The zero-order valence-electron chi connectivity index (χ0n) is 11.3. The molecular weight excluding hydrogens is 260 g/mol. The molecule has 1 amide bonds. The Morgan fingerprint density at radius 1 is 1.35 bits per heavy atom. The summed E-state index contributed by atoms with van der Waals surface area (Å²) >= 11 is 0. The molecule has 0 spiro atoms. The fourth-order valence-corrected chi connectivity index (χ4v) is 2.54. The zero-order chi connectivity index (χ0) is 14.4. The van der Waals surface area contributed by atoms with Gasteiger partial charge in [0.15, 0.2) is 5.65 Å². The number of aliphatic hydroxyl groups excluding tert-OH is 2. The number of aromatic nitrogens is 3. The van der Waals surface area contributed by atoms with Gasteiger partial charge in [-0.1, -0.05) is 0 Å². The summed E-state index contributed by atoms with van der Waals surface area (Å²) in [6, 6.07) is 1.75. The fraction of sp³-hybridized carbons (Fsp3) is 0.462. The molecule has 0 radical (unpaired) electrons. The van der Waals surface area contributed by atoms with E-state index in [0.717, 1.165) is 16.7 Å².